The van der Waals surface area contributed by atoms with Gasteiger partial charge in [0.2, 0.25) is 5.91 Å². The van der Waals surface area contributed by atoms with Crippen molar-refractivity contribution in [2.75, 3.05) is 11.9 Å². The molecule has 2 aliphatic carbocycles. The number of carbonyl (C=O) groups excluding carboxylic acids is 2. The zero-order valence-electron chi connectivity index (χ0n) is 12.8. The lowest BCUT2D eigenvalue weighted by Crippen LogP contribution is -2.38. The molecule has 5 heteroatoms. The highest BCUT2D eigenvalue weighted by molar-refractivity contribution is 5.98. The van der Waals surface area contributed by atoms with Crippen LogP contribution in [0.1, 0.15) is 36.5 Å². The summed E-state index contributed by atoms with van der Waals surface area (Å²) < 4.78 is 0. The number of hydrogen-bond donors (Lipinski definition) is 3. The maximum Gasteiger partial charge on any atom is 0.251 e. The first kappa shape index (κ1) is 15.0. The van der Waals surface area contributed by atoms with Gasteiger partial charge in [-0.15, -0.1) is 0 Å². The van der Waals surface area contributed by atoms with Crippen LogP contribution >= 0.6 is 0 Å². The molecule has 0 aromatic heterocycles. The van der Waals surface area contributed by atoms with Crippen LogP contribution in [0, 0.1) is 17.8 Å². The van der Waals surface area contributed by atoms with E-state index in [2.05, 4.69) is 17.6 Å². The Bertz CT molecular complexity index is 583. The molecule has 0 heterocycles. The van der Waals surface area contributed by atoms with E-state index in [1.165, 1.54) is 0 Å². The average Bonchev–Trinajstić information content (AvgIpc) is 3.39. The highest BCUT2D eigenvalue weighted by atomic mass is 16.2. The van der Waals surface area contributed by atoms with Crippen LogP contribution in [0.2, 0.25) is 0 Å². The topological polar surface area (TPSA) is 84.2 Å². The molecule has 3 unspecified atom stereocenters. The highest BCUT2D eigenvalue weighted by Gasteiger charge is 2.39. The van der Waals surface area contributed by atoms with E-state index >= 15 is 0 Å². The monoisotopic (exact) mass is 301 g/mol. The summed E-state index contributed by atoms with van der Waals surface area (Å²) in [6, 6.07) is 7.08. The van der Waals surface area contributed by atoms with E-state index in [-0.39, 0.29) is 23.8 Å². The molecule has 2 saturated carbocycles. The summed E-state index contributed by atoms with van der Waals surface area (Å²) >= 11 is 0. The van der Waals surface area contributed by atoms with Crippen LogP contribution in [-0.4, -0.2) is 24.4 Å². The molecule has 1 aromatic carbocycles. The van der Waals surface area contributed by atoms with Gasteiger partial charge in [-0.2, -0.15) is 0 Å². The molecule has 0 bridgehead atoms. The van der Waals surface area contributed by atoms with Gasteiger partial charge in [-0.1, -0.05) is 13.0 Å². The molecule has 2 amide bonds. The number of benzene rings is 1. The number of rotatable bonds is 6. The normalized spacial score (nSPS) is 24.5. The molecule has 0 spiro atoms. The van der Waals surface area contributed by atoms with Crippen molar-refractivity contribution in [1.82, 2.24) is 5.32 Å². The lowest BCUT2D eigenvalue weighted by molar-refractivity contribution is -0.117. The molecule has 0 saturated heterocycles. The van der Waals surface area contributed by atoms with E-state index in [1.807, 2.05) is 0 Å². The molecule has 3 atom stereocenters. The Labute approximate surface area is 130 Å². The minimum atomic E-state index is -0.146. The zero-order chi connectivity index (χ0) is 15.7. The number of amides is 2. The van der Waals surface area contributed by atoms with Gasteiger partial charge in [-0.25, -0.2) is 0 Å². The Morgan fingerprint density at radius 1 is 1.36 bits per heavy atom. The Balaban J connectivity index is 1.55. The van der Waals surface area contributed by atoms with Gasteiger partial charge in [0.15, 0.2) is 0 Å². The quantitative estimate of drug-likeness (QED) is 0.748. The molecule has 0 radical (unpaired) electrons. The average molecular weight is 301 g/mol. The molecular weight excluding hydrogens is 278 g/mol. The molecule has 2 fully saturated rings. The maximum absolute atomic E-state index is 12.1. The fourth-order valence-corrected chi connectivity index (χ4v) is 2.66. The summed E-state index contributed by atoms with van der Waals surface area (Å²) in [6.45, 7) is 2.57. The van der Waals surface area contributed by atoms with Gasteiger partial charge in [0.05, 0.1) is 0 Å². The van der Waals surface area contributed by atoms with Crippen molar-refractivity contribution in [3.63, 3.8) is 0 Å². The largest absolute Gasteiger partial charge is 0.350 e. The Hall–Kier alpha value is -1.88. The summed E-state index contributed by atoms with van der Waals surface area (Å²) in [6.07, 6.45) is 3.28. The van der Waals surface area contributed by atoms with Crippen LogP contribution in [0.4, 0.5) is 5.69 Å². The smallest absolute Gasteiger partial charge is 0.251 e. The van der Waals surface area contributed by atoms with Gasteiger partial charge in [-0.05, 0) is 49.3 Å². The van der Waals surface area contributed by atoms with Gasteiger partial charge in [-0.3, -0.25) is 9.59 Å². The molecule has 22 heavy (non-hydrogen) atoms. The van der Waals surface area contributed by atoms with Crippen molar-refractivity contribution in [3.8, 4) is 0 Å². The van der Waals surface area contributed by atoms with E-state index in [0.717, 1.165) is 19.3 Å². The lowest BCUT2D eigenvalue weighted by atomic mass is 10.1. The highest BCUT2D eigenvalue weighted by Crippen LogP contribution is 2.38. The van der Waals surface area contributed by atoms with Crippen molar-refractivity contribution in [3.05, 3.63) is 29.8 Å². The third-order valence-electron chi connectivity index (χ3n) is 4.56. The molecule has 1 aromatic rings. The lowest BCUT2D eigenvalue weighted by Gasteiger charge is -2.12. The Morgan fingerprint density at radius 3 is 2.73 bits per heavy atom. The summed E-state index contributed by atoms with van der Waals surface area (Å²) in [5.74, 6) is 1.05. The second-order valence-corrected chi connectivity index (χ2v) is 6.60. The maximum atomic E-state index is 12.1. The molecule has 4 N–H and O–H groups in total. The predicted octanol–water partition coefficient (Wildman–Crippen LogP) is 1.75. The fourth-order valence-electron chi connectivity index (χ4n) is 2.66. The summed E-state index contributed by atoms with van der Waals surface area (Å²) in [7, 11) is 0. The first-order valence-corrected chi connectivity index (χ1v) is 7.99. The molecule has 2 aliphatic rings. The zero-order valence-corrected chi connectivity index (χ0v) is 12.8. The Kier molecular flexibility index (Phi) is 4.16. The second kappa shape index (κ2) is 6.08. The minimum Gasteiger partial charge on any atom is -0.350 e. The van der Waals surface area contributed by atoms with E-state index in [0.29, 0.717) is 29.6 Å². The van der Waals surface area contributed by atoms with Crippen LogP contribution < -0.4 is 16.4 Å². The van der Waals surface area contributed by atoms with Gasteiger partial charge in [0.1, 0.15) is 0 Å². The molecule has 0 aliphatic heterocycles. The number of hydrogen-bond acceptors (Lipinski definition) is 3. The summed E-state index contributed by atoms with van der Waals surface area (Å²) in [4.78, 5) is 24.1. The number of nitrogens with two attached hydrogens (primary N) is 1. The SMILES string of the molecule is CC1CC1C(=O)Nc1cccc(C(=O)NCC(N)C2CC2)c1. The van der Waals surface area contributed by atoms with E-state index in [4.69, 9.17) is 5.73 Å². The van der Waals surface area contributed by atoms with Crippen molar-refractivity contribution in [1.29, 1.82) is 0 Å². The first-order valence-electron chi connectivity index (χ1n) is 7.99. The number of nitrogens with one attached hydrogen (secondary N) is 2. The van der Waals surface area contributed by atoms with E-state index in [1.54, 1.807) is 24.3 Å². The van der Waals surface area contributed by atoms with Crippen LogP contribution in [0.5, 0.6) is 0 Å². The molecule has 5 nitrogen and oxygen atoms in total. The van der Waals surface area contributed by atoms with Gasteiger partial charge >= 0.3 is 0 Å². The molecular formula is C17H23N3O2. The minimum absolute atomic E-state index is 0.0424. The van der Waals surface area contributed by atoms with Gasteiger partial charge < -0.3 is 16.4 Å². The first-order chi connectivity index (χ1) is 10.5. The predicted molar refractivity (Wildman–Crippen MR) is 85.4 cm³/mol. The number of carbonyl (C=O) groups is 2. The summed E-state index contributed by atoms with van der Waals surface area (Å²) in [5.41, 5.74) is 7.20. The van der Waals surface area contributed by atoms with Crippen molar-refractivity contribution in [2.45, 2.75) is 32.2 Å². The van der Waals surface area contributed by atoms with Crippen LogP contribution in [0.15, 0.2) is 24.3 Å². The van der Waals surface area contributed by atoms with Gasteiger partial charge in [0.25, 0.3) is 5.91 Å². The molecule has 118 valence electrons. The van der Waals surface area contributed by atoms with E-state index in [9.17, 15) is 9.59 Å². The van der Waals surface area contributed by atoms with Gasteiger partial charge in [0, 0.05) is 29.8 Å². The van der Waals surface area contributed by atoms with Crippen LogP contribution in [0.3, 0.4) is 0 Å². The van der Waals surface area contributed by atoms with E-state index < -0.39 is 0 Å². The third-order valence-corrected chi connectivity index (χ3v) is 4.56. The Morgan fingerprint density at radius 2 is 2.09 bits per heavy atom. The van der Waals surface area contributed by atoms with Crippen molar-refractivity contribution in [2.24, 2.45) is 23.5 Å². The standard InChI is InChI=1S/C17H23N3O2/c1-10-7-14(10)17(22)20-13-4-2-3-12(8-13)16(21)19-9-15(18)11-5-6-11/h2-4,8,10-11,14-15H,5-7,9,18H2,1H3,(H,19,21)(H,20,22). The van der Waals surface area contributed by atoms with Crippen LogP contribution in [0.25, 0.3) is 0 Å². The fraction of sp³-hybridized carbons (Fsp3) is 0.529. The van der Waals surface area contributed by atoms with Crippen LogP contribution in [-0.2, 0) is 4.79 Å². The molecule has 3 rings (SSSR count). The third kappa shape index (κ3) is 3.65. The second-order valence-electron chi connectivity index (χ2n) is 6.60. The number of anilines is 1. The van der Waals surface area contributed by atoms with Crippen molar-refractivity contribution >= 4 is 17.5 Å². The summed E-state index contributed by atoms with van der Waals surface area (Å²) in [5, 5.41) is 5.75. The van der Waals surface area contributed by atoms with Crippen molar-refractivity contribution < 1.29 is 9.59 Å².